The first-order valence-corrected chi connectivity index (χ1v) is 11.6. The minimum Gasteiger partial charge on any atom is -0.383 e. The van der Waals surface area contributed by atoms with E-state index in [-0.39, 0.29) is 5.54 Å². The Kier molecular flexibility index (Phi) is 7.74. The van der Waals surface area contributed by atoms with Crippen molar-refractivity contribution in [1.29, 1.82) is 0 Å². The highest BCUT2D eigenvalue weighted by Crippen LogP contribution is 2.34. The molecule has 3 rings (SSSR count). The van der Waals surface area contributed by atoms with Gasteiger partial charge in [0.25, 0.3) is 0 Å². The lowest BCUT2D eigenvalue weighted by Gasteiger charge is -2.48. The maximum absolute atomic E-state index is 10.8. The number of hydrogen-bond donors (Lipinski definition) is 3. The first-order chi connectivity index (χ1) is 13.6. The highest BCUT2D eigenvalue weighted by Gasteiger charge is 2.38. The molecule has 1 aromatic heterocycles. The summed E-state index contributed by atoms with van der Waals surface area (Å²) in [4.78, 5) is 8.29. The number of rotatable bonds is 7. The highest BCUT2D eigenvalue weighted by molar-refractivity contribution is 7.10. The average Bonchev–Trinajstić information content (AvgIpc) is 3.27. The van der Waals surface area contributed by atoms with Gasteiger partial charge in [-0.25, -0.2) is 4.99 Å². The van der Waals surface area contributed by atoms with Crippen LogP contribution in [0.2, 0.25) is 0 Å². The van der Waals surface area contributed by atoms with Crippen molar-refractivity contribution in [2.75, 3.05) is 45.9 Å². The minimum atomic E-state index is -0.941. The molecule has 3 N–H and O–H groups in total. The van der Waals surface area contributed by atoms with Gasteiger partial charge in [0.15, 0.2) is 5.96 Å². The van der Waals surface area contributed by atoms with Crippen LogP contribution in [0, 0.1) is 0 Å². The summed E-state index contributed by atoms with van der Waals surface area (Å²) in [6.45, 7) is 9.64. The molecule has 1 aliphatic carbocycles. The number of nitrogens with zero attached hydrogens (tertiary/aromatic N) is 2. The van der Waals surface area contributed by atoms with Gasteiger partial charge in [-0.05, 0) is 38.1 Å². The number of ether oxygens (including phenoxy) is 1. The van der Waals surface area contributed by atoms with E-state index in [1.807, 2.05) is 24.4 Å². The molecule has 158 valence electrons. The Bertz CT molecular complexity index is 606. The van der Waals surface area contributed by atoms with E-state index in [4.69, 9.17) is 9.73 Å². The molecule has 0 amide bonds. The van der Waals surface area contributed by atoms with Crippen LogP contribution in [0.1, 0.15) is 50.8 Å². The zero-order valence-electron chi connectivity index (χ0n) is 17.4. The Morgan fingerprint density at radius 3 is 2.68 bits per heavy atom. The van der Waals surface area contributed by atoms with Gasteiger partial charge >= 0.3 is 0 Å². The third kappa shape index (κ3) is 5.47. The van der Waals surface area contributed by atoms with Crippen LogP contribution in [-0.2, 0) is 10.3 Å². The van der Waals surface area contributed by atoms with Gasteiger partial charge < -0.3 is 20.5 Å². The van der Waals surface area contributed by atoms with Crippen molar-refractivity contribution in [3.8, 4) is 0 Å². The normalized spacial score (nSPS) is 23.2. The number of thiophene rings is 1. The second-order valence-electron chi connectivity index (χ2n) is 8.18. The molecule has 1 aliphatic heterocycles. The lowest BCUT2D eigenvalue weighted by Crippen LogP contribution is -2.60. The Labute approximate surface area is 173 Å². The number of aliphatic imine (C=N–C) groups is 1. The molecule has 2 fully saturated rings. The van der Waals surface area contributed by atoms with Crippen LogP contribution in [0.4, 0.5) is 0 Å². The molecule has 1 atom stereocenters. The van der Waals surface area contributed by atoms with Crippen molar-refractivity contribution in [2.45, 2.75) is 57.1 Å². The van der Waals surface area contributed by atoms with Gasteiger partial charge in [-0.15, -0.1) is 11.3 Å². The van der Waals surface area contributed by atoms with E-state index in [0.717, 1.165) is 50.2 Å². The van der Waals surface area contributed by atoms with Crippen LogP contribution in [-0.4, -0.2) is 67.4 Å². The standard InChI is InChI=1S/C21H36N4O2S/c1-3-22-19(23-16-20(2,26)18-8-7-15-28-18)24-17-21(9-5-4-6-10-21)25-11-13-27-14-12-25/h7-8,15,26H,3-6,9-14,16-17H2,1-2H3,(H2,22,23,24). The highest BCUT2D eigenvalue weighted by atomic mass is 32.1. The van der Waals surface area contributed by atoms with Gasteiger partial charge in [0.05, 0.1) is 19.8 Å². The molecule has 2 aliphatic rings. The average molecular weight is 409 g/mol. The number of guanidine groups is 1. The van der Waals surface area contributed by atoms with E-state index in [1.54, 1.807) is 11.3 Å². The van der Waals surface area contributed by atoms with Crippen LogP contribution in [0.5, 0.6) is 0 Å². The maximum atomic E-state index is 10.8. The van der Waals surface area contributed by atoms with Gasteiger partial charge in [0.1, 0.15) is 5.60 Å². The first kappa shape index (κ1) is 21.6. The molecular weight excluding hydrogens is 372 g/mol. The van der Waals surface area contributed by atoms with E-state index in [0.29, 0.717) is 6.54 Å². The van der Waals surface area contributed by atoms with E-state index in [2.05, 4.69) is 22.5 Å². The van der Waals surface area contributed by atoms with Crippen LogP contribution in [0.25, 0.3) is 0 Å². The topological polar surface area (TPSA) is 69.1 Å². The molecule has 0 aromatic carbocycles. The van der Waals surface area contributed by atoms with E-state index in [1.165, 1.54) is 32.1 Å². The first-order valence-electron chi connectivity index (χ1n) is 10.7. The van der Waals surface area contributed by atoms with Crippen molar-refractivity contribution < 1.29 is 9.84 Å². The van der Waals surface area contributed by atoms with Crippen LogP contribution < -0.4 is 10.6 Å². The third-order valence-electron chi connectivity index (χ3n) is 5.99. The molecule has 7 heteroatoms. The monoisotopic (exact) mass is 408 g/mol. The summed E-state index contributed by atoms with van der Waals surface area (Å²) in [5.74, 6) is 0.789. The summed E-state index contributed by atoms with van der Waals surface area (Å²) in [7, 11) is 0. The minimum absolute atomic E-state index is 0.189. The van der Waals surface area contributed by atoms with Crippen LogP contribution in [0.15, 0.2) is 22.5 Å². The smallest absolute Gasteiger partial charge is 0.191 e. The van der Waals surface area contributed by atoms with Gasteiger partial charge in [0.2, 0.25) is 0 Å². The lowest BCUT2D eigenvalue weighted by atomic mass is 9.80. The summed E-state index contributed by atoms with van der Waals surface area (Å²) in [5, 5.41) is 19.7. The summed E-state index contributed by atoms with van der Waals surface area (Å²) >= 11 is 1.57. The second kappa shape index (κ2) is 10.1. The molecule has 0 radical (unpaired) electrons. The maximum Gasteiger partial charge on any atom is 0.191 e. The van der Waals surface area contributed by atoms with Crippen LogP contribution in [0.3, 0.4) is 0 Å². The third-order valence-corrected chi connectivity index (χ3v) is 7.12. The fraction of sp³-hybridized carbons (Fsp3) is 0.762. The van der Waals surface area contributed by atoms with Crippen molar-refractivity contribution in [2.24, 2.45) is 4.99 Å². The number of hydrogen-bond acceptors (Lipinski definition) is 5. The van der Waals surface area contributed by atoms with Crippen LogP contribution >= 0.6 is 11.3 Å². The fourth-order valence-electron chi connectivity index (χ4n) is 4.34. The molecule has 6 nitrogen and oxygen atoms in total. The molecule has 2 heterocycles. The summed E-state index contributed by atoms with van der Waals surface area (Å²) in [6.07, 6.45) is 6.38. The lowest BCUT2D eigenvalue weighted by molar-refractivity contribution is -0.0352. The molecule has 0 bridgehead atoms. The largest absolute Gasteiger partial charge is 0.383 e. The van der Waals surface area contributed by atoms with Gasteiger partial charge in [0, 0.05) is 36.6 Å². The van der Waals surface area contributed by atoms with Crippen molar-refractivity contribution >= 4 is 17.3 Å². The number of nitrogens with one attached hydrogen (secondary N) is 2. The molecule has 0 spiro atoms. The molecule has 1 unspecified atom stereocenters. The molecule has 1 aromatic rings. The summed E-state index contributed by atoms with van der Waals surface area (Å²) in [5.41, 5.74) is -0.752. The van der Waals surface area contributed by atoms with Crippen molar-refractivity contribution in [3.63, 3.8) is 0 Å². The Morgan fingerprint density at radius 1 is 1.29 bits per heavy atom. The number of aliphatic hydroxyl groups is 1. The second-order valence-corrected chi connectivity index (χ2v) is 9.13. The Hall–Kier alpha value is -1.15. The predicted molar refractivity (Wildman–Crippen MR) is 116 cm³/mol. The molecule has 1 saturated heterocycles. The zero-order valence-corrected chi connectivity index (χ0v) is 18.2. The summed E-state index contributed by atoms with van der Waals surface area (Å²) in [6, 6.07) is 3.94. The summed E-state index contributed by atoms with van der Waals surface area (Å²) < 4.78 is 5.59. The predicted octanol–water partition coefficient (Wildman–Crippen LogP) is 2.55. The zero-order chi connectivity index (χ0) is 19.9. The SMILES string of the molecule is CCNC(=NCC(C)(O)c1cccs1)NCC1(N2CCOCC2)CCCCC1. The van der Waals surface area contributed by atoms with E-state index >= 15 is 0 Å². The van der Waals surface area contributed by atoms with Gasteiger partial charge in [-0.1, -0.05) is 25.3 Å². The molecule has 1 saturated carbocycles. The number of morpholine rings is 1. The van der Waals surface area contributed by atoms with E-state index in [9.17, 15) is 5.11 Å². The van der Waals surface area contributed by atoms with Crippen molar-refractivity contribution in [1.82, 2.24) is 15.5 Å². The Morgan fingerprint density at radius 2 is 2.04 bits per heavy atom. The van der Waals surface area contributed by atoms with Crippen molar-refractivity contribution in [3.05, 3.63) is 22.4 Å². The quantitative estimate of drug-likeness (QED) is 0.478. The molecule has 28 heavy (non-hydrogen) atoms. The Balaban J connectivity index is 1.66. The van der Waals surface area contributed by atoms with E-state index < -0.39 is 5.60 Å². The van der Waals surface area contributed by atoms with Gasteiger partial charge in [-0.2, -0.15) is 0 Å². The fourth-order valence-corrected chi connectivity index (χ4v) is 5.12. The molecular formula is C21H36N4O2S. The van der Waals surface area contributed by atoms with Gasteiger partial charge in [-0.3, -0.25) is 4.90 Å².